The summed E-state index contributed by atoms with van der Waals surface area (Å²) < 4.78 is 3.07. The van der Waals surface area contributed by atoms with Crippen molar-refractivity contribution in [3.8, 4) is 0 Å². The molecule has 0 radical (unpaired) electrons. The monoisotopic (exact) mass is 408 g/mol. The summed E-state index contributed by atoms with van der Waals surface area (Å²) in [5.41, 5.74) is 0. The van der Waals surface area contributed by atoms with Crippen molar-refractivity contribution in [3.05, 3.63) is 0 Å². The lowest BCUT2D eigenvalue weighted by atomic mass is 9.81. The SMILES string of the molecule is CC[Si]1(CC)CC[Si](CC)(CC)N1CCCN1C(=O)C2CCCCC2C1=O. The van der Waals surface area contributed by atoms with E-state index in [1.807, 2.05) is 0 Å². The molecule has 1 aliphatic carbocycles. The highest BCUT2D eigenvalue weighted by atomic mass is 28.4. The first-order chi connectivity index (χ1) is 13.0. The molecule has 0 bridgehead atoms. The zero-order chi connectivity index (χ0) is 19.7. The minimum Gasteiger partial charge on any atom is -0.345 e. The highest BCUT2D eigenvalue weighted by molar-refractivity contribution is 6.97. The highest BCUT2D eigenvalue weighted by Crippen LogP contribution is 2.45. The Morgan fingerprint density at radius 3 is 1.63 bits per heavy atom. The zero-order valence-corrected chi connectivity index (χ0v) is 20.1. The van der Waals surface area contributed by atoms with Crippen LogP contribution < -0.4 is 0 Å². The van der Waals surface area contributed by atoms with Crippen molar-refractivity contribution in [2.24, 2.45) is 11.8 Å². The maximum Gasteiger partial charge on any atom is 0.233 e. The molecule has 2 atom stereocenters. The number of rotatable bonds is 8. The quantitative estimate of drug-likeness (QED) is 0.426. The van der Waals surface area contributed by atoms with Crippen LogP contribution in [0.3, 0.4) is 0 Å². The van der Waals surface area contributed by atoms with E-state index in [-0.39, 0.29) is 23.7 Å². The van der Waals surface area contributed by atoms with E-state index in [0.29, 0.717) is 6.54 Å². The fourth-order valence-corrected chi connectivity index (χ4v) is 22.6. The number of hydrogen-bond donors (Lipinski definition) is 0. The number of likely N-dealkylation sites (tertiary alicyclic amines) is 1. The predicted molar refractivity (Wildman–Crippen MR) is 117 cm³/mol. The smallest absolute Gasteiger partial charge is 0.233 e. The molecule has 2 amide bonds. The van der Waals surface area contributed by atoms with Crippen LogP contribution in [0.1, 0.15) is 59.8 Å². The van der Waals surface area contributed by atoms with E-state index in [4.69, 9.17) is 0 Å². The summed E-state index contributed by atoms with van der Waals surface area (Å²) >= 11 is 0. The van der Waals surface area contributed by atoms with Gasteiger partial charge in [-0.15, -0.1) is 0 Å². The third kappa shape index (κ3) is 3.50. The maximum atomic E-state index is 12.8. The van der Waals surface area contributed by atoms with Gasteiger partial charge in [-0.25, -0.2) is 0 Å². The van der Waals surface area contributed by atoms with Crippen LogP contribution >= 0.6 is 0 Å². The molecule has 2 unspecified atom stereocenters. The Kier molecular flexibility index (Phi) is 6.69. The molecular formula is C21H40N2O2Si2. The Morgan fingerprint density at radius 1 is 0.778 bits per heavy atom. The van der Waals surface area contributed by atoms with Crippen LogP contribution in [0, 0.1) is 11.8 Å². The summed E-state index contributed by atoms with van der Waals surface area (Å²) in [6.07, 6.45) is 5.08. The number of amides is 2. The second-order valence-electron chi connectivity index (χ2n) is 9.19. The first kappa shape index (κ1) is 21.2. The summed E-state index contributed by atoms with van der Waals surface area (Å²) in [5.74, 6) is 0.320. The molecule has 0 aromatic carbocycles. The van der Waals surface area contributed by atoms with Crippen LogP contribution in [0.25, 0.3) is 0 Å². The van der Waals surface area contributed by atoms with E-state index in [2.05, 4.69) is 31.9 Å². The lowest BCUT2D eigenvalue weighted by Crippen LogP contribution is -2.60. The first-order valence-electron chi connectivity index (χ1n) is 11.6. The largest absolute Gasteiger partial charge is 0.345 e. The van der Waals surface area contributed by atoms with E-state index in [1.54, 1.807) is 4.90 Å². The third-order valence-electron chi connectivity index (χ3n) is 8.53. The lowest BCUT2D eigenvalue weighted by molar-refractivity contribution is -0.139. The summed E-state index contributed by atoms with van der Waals surface area (Å²) in [6.45, 7) is 11.5. The minimum atomic E-state index is -1.32. The fraction of sp³-hybridized carbons (Fsp3) is 0.905. The molecule has 2 saturated heterocycles. The molecule has 1 saturated carbocycles. The summed E-state index contributed by atoms with van der Waals surface area (Å²) in [7, 11) is -2.64. The van der Waals surface area contributed by atoms with Crippen molar-refractivity contribution in [2.45, 2.75) is 96.1 Å². The number of imide groups is 1. The summed E-state index contributed by atoms with van der Waals surface area (Å²) in [5, 5.41) is 0. The van der Waals surface area contributed by atoms with E-state index in [1.165, 1.54) is 36.3 Å². The highest BCUT2D eigenvalue weighted by Gasteiger charge is 2.53. The Labute approximate surface area is 168 Å². The average Bonchev–Trinajstić information content (AvgIpc) is 3.16. The van der Waals surface area contributed by atoms with Gasteiger partial charge in [-0.2, -0.15) is 0 Å². The van der Waals surface area contributed by atoms with Gasteiger partial charge in [0.2, 0.25) is 11.8 Å². The number of carbonyl (C=O) groups is 2. The predicted octanol–water partition coefficient (Wildman–Crippen LogP) is 4.84. The molecule has 6 heteroatoms. The number of fused-ring (bicyclic) bond motifs is 1. The molecule has 0 N–H and O–H groups in total. The van der Waals surface area contributed by atoms with Crippen molar-refractivity contribution in [2.75, 3.05) is 13.1 Å². The van der Waals surface area contributed by atoms with Gasteiger partial charge >= 0.3 is 0 Å². The van der Waals surface area contributed by atoms with Gasteiger partial charge in [0.15, 0.2) is 0 Å². The first-order valence-corrected chi connectivity index (χ1v) is 16.7. The number of nitrogens with zero attached hydrogens (tertiary/aromatic N) is 2. The van der Waals surface area contributed by atoms with Crippen molar-refractivity contribution < 1.29 is 9.59 Å². The zero-order valence-electron chi connectivity index (χ0n) is 18.1. The van der Waals surface area contributed by atoms with Gasteiger partial charge in [0.1, 0.15) is 16.5 Å². The topological polar surface area (TPSA) is 40.6 Å². The molecule has 0 aromatic rings. The maximum absolute atomic E-state index is 12.8. The van der Waals surface area contributed by atoms with Crippen LogP contribution in [0.15, 0.2) is 0 Å². The van der Waals surface area contributed by atoms with Crippen molar-refractivity contribution in [1.82, 2.24) is 9.13 Å². The second kappa shape index (κ2) is 8.50. The van der Waals surface area contributed by atoms with Gasteiger partial charge < -0.3 is 4.23 Å². The molecule has 0 spiro atoms. The Hall–Kier alpha value is -0.466. The Balaban J connectivity index is 1.67. The van der Waals surface area contributed by atoms with Crippen molar-refractivity contribution in [3.63, 3.8) is 0 Å². The van der Waals surface area contributed by atoms with Crippen LogP contribution in [0.2, 0.25) is 36.3 Å². The van der Waals surface area contributed by atoms with Gasteiger partial charge in [0, 0.05) is 6.54 Å². The molecule has 3 fully saturated rings. The second-order valence-corrected chi connectivity index (χ2v) is 19.4. The van der Waals surface area contributed by atoms with Crippen LogP contribution in [-0.2, 0) is 9.59 Å². The van der Waals surface area contributed by atoms with E-state index < -0.39 is 16.5 Å². The average molecular weight is 409 g/mol. The molecule has 3 rings (SSSR count). The fourth-order valence-electron chi connectivity index (χ4n) is 6.52. The standard InChI is InChI=1S/C21H40N2O2Si2/c1-5-26(6-2)16-17-27(7-3,8-4)23(26)15-11-14-22-20(24)18-12-9-10-13-19(18)21(22)25/h18-19H,5-17H2,1-4H3. The molecular weight excluding hydrogens is 368 g/mol. The molecule has 2 heterocycles. The molecule has 4 nitrogen and oxygen atoms in total. The van der Waals surface area contributed by atoms with E-state index >= 15 is 0 Å². The molecule has 3 aliphatic rings. The van der Waals surface area contributed by atoms with Crippen molar-refractivity contribution >= 4 is 28.3 Å². The van der Waals surface area contributed by atoms with Gasteiger partial charge in [-0.05, 0) is 62.1 Å². The number of hydrogen-bond acceptors (Lipinski definition) is 3. The Morgan fingerprint density at radius 2 is 1.22 bits per heavy atom. The molecule has 0 aromatic heterocycles. The van der Waals surface area contributed by atoms with Gasteiger partial charge in [-0.1, -0.05) is 40.5 Å². The molecule has 2 aliphatic heterocycles. The molecule has 27 heavy (non-hydrogen) atoms. The third-order valence-corrected chi connectivity index (χ3v) is 22.2. The van der Waals surface area contributed by atoms with E-state index in [9.17, 15) is 9.59 Å². The van der Waals surface area contributed by atoms with Crippen LogP contribution in [0.4, 0.5) is 0 Å². The molecule has 154 valence electrons. The summed E-state index contributed by atoms with van der Waals surface area (Å²) in [6, 6.07) is 8.43. The van der Waals surface area contributed by atoms with E-state index in [0.717, 1.165) is 38.6 Å². The summed E-state index contributed by atoms with van der Waals surface area (Å²) in [4.78, 5) is 27.2. The minimum absolute atomic E-state index is 0.0116. The van der Waals surface area contributed by atoms with Gasteiger partial charge in [-0.3, -0.25) is 14.5 Å². The lowest BCUT2D eigenvalue weighted by Gasteiger charge is -2.45. The van der Waals surface area contributed by atoms with Gasteiger partial charge in [0.25, 0.3) is 0 Å². The Bertz CT molecular complexity index is 516. The van der Waals surface area contributed by atoms with Crippen LogP contribution in [0.5, 0.6) is 0 Å². The number of carbonyl (C=O) groups excluding carboxylic acids is 2. The van der Waals surface area contributed by atoms with Crippen molar-refractivity contribution in [1.29, 1.82) is 0 Å². The van der Waals surface area contributed by atoms with Crippen LogP contribution in [-0.4, -0.2) is 50.5 Å². The van der Waals surface area contributed by atoms with Gasteiger partial charge in [0.05, 0.1) is 11.8 Å². The normalized spacial score (nSPS) is 30.1.